The van der Waals surface area contributed by atoms with Crippen molar-refractivity contribution >= 4 is 5.69 Å². The average molecular weight is 289 g/mol. The molecule has 0 unspecified atom stereocenters. The Morgan fingerprint density at radius 1 is 1.29 bits per heavy atom. The molecular weight excluding hydrogens is 269 g/mol. The lowest BCUT2D eigenvalue weighted by atomic mass is 9.73. The van der Waals surface area contributed by atoms with E-state index in [2.05, 4.69) is 24.0 Å². The Morgan fingerprint density at radius 3 is 2.67 bits per heavy atom. The van der Waals surface area contributed by atoms with E-state index in [1.54, 1.807) is 6.07 Å². The Labute approximate surface area is 123 Å². The number of nitrogens with zero attached hydrogens (tertiary/aromatic N) is 2. The fraction of sp³-hybridized carbons (Fsp3) is 0.500. The minimum absolute atomic E-state index is 0.119. The average Bonchev–Trinajstić information content (AvgIpc) is 2.91. The van der Waals surface area contributed by atoms with Gasteiger partial charge in [-0.15, -0.1) is 0 Å². The van der Waals surface area contributed by atoms with E-state index in [4.69, 9.17) is 10.3 Å². The topological polar surface area (TPSA) is 64.9 Å². The number of halogens is 1. The van der Waals surface area contributed by atoms with Crippen molar-refractivity contribution in [2.45, 2.75) is 45.4 Å². The van der Waals surface area contributed by atoms with Crippen LogP contribution in [0, 0.1) is 11.2 Å². The molecule has 0 amide bonds. The summed E-state index contributed by atoms with van der Waals surface area (Å²) in [5.41, 5.74) is 6.56. The van der Waals surface area contributed by atoms with Crippen molar-refractivity contribution in [2.75, 3.05) is 5.73 Å². The van der Waals surface area contributed by atoms with Gasteiger partial charge in [0, 0.05) is 11.5 Å². The van der Waals surface area contributed by atoms with Gasteiger partial charge in [0.2, 0.25) is 0 Å². The minimum Gasteiger partial charge on any atom is -0.396 e. The second-order valence-electron chi connectivity index (χ2n) is 6.63. The third kappa shape index (κ3) is 2.91. The van der Waals surface area contributed by atoms with Gasteiger partial charge in [0.1, 0.15) is 5.82 Å². The molecule has 2 aromatic rings. The normalized spacial score (nSPS) is 18.8. The van der Waals surface area contributed by atoms with E-state index < -0.39 is 5.82 Å². The number of rotatable bonds is 2. The van der Waals surface area contributed by atoms with Gasteiger partial charge in [0.05, 0.1) is 5.69 Å². The van der Waals surface area contributed by atoms with Gasteiger partial charge >= 0.3 is 0 Å². The van der Waals surface area contributed by atoms with Crippen LogP contribution in [0.1, 0.15) is 51.3 Å². The molecule has 1 fully saturated rings. The van der Waals surface area contributed by atoms with Gasteiger partial charge in [-0.3, -0.25) is 0 Å². The lowest BCUT2D eigenvalue weighted by Crippen LogP contribution is -2.20. The lowest BCUT2D eigenvalue weighted by molar-refractivity contribution is 0.218. The zero-order valence-corrected chi connectivity index (χ0v) is 12.4. The zero-order valence-electron chi connectivity index (χ0n) is 12.4. The summed E-state index contributed by atoms with van der Waals surface area (Å²) in [5.74, 6) is 0.965. The van der Waals surface area contributed by atoms with Crippen LogP contribution in [0.2, 0.25) is 0 Å². The molecule has 1 heterocycles. The van der Waals surface area contributed by atoms with E-state index in [0.717, 1.165) is 31.5 Å². The van der Waals surface area contributed by atoms with Gasteiger partial charge in [-0.25, -0.2) is 4.39 Å². The van der Waals surface area contributed by atoms with Gasteiger partial charge in [-0.05, 0) is 49.3 Å². The second kappa shape index (κ2) is 5.13. The molecule has 0 bridgehead atoms. The van der Waals surface area contributed by atoms with Gasteiger partial charge in [0.25, 0.3) is 5.89 Å². The number of nitrogen functional groups attached to an aromatic ring is 1. The lowest BCUT2D eigenvalue weighted by Gasteiger charge is -2.32. The molecule has 0 aliphatic heterocycles. The van der Waals surface area contributed by atoms with E-state index in [-0.39, 0.29) is 5.69 Å². The van der Waals surface area contributed by atoms with Crippen molar-refractivity contribution < 1.29 is 8.91 Å². The summed E-state index contributed by atoms with van der Waals surface area (Å²) in [7, 11) is 0. The van der Waals surface area contributed by atoms with Crippen molar-refractivity contribution in [3.63, 3.8) is 0 Å². The van der Waals surface area contributed by atoms with Crippen LogP contribution in [0.3, 0.4) is 0 Å². The largest absolute Gasteiger partial charge is 0.396 e. The van der Waals surface area contributed by atoms with Gasteiger partial charge in [-0.2, -0.15) is 4.98 Å². The van der Waals surface area contributed by atoms with E-state index in [1.165, 1.54) is 12.1 Å². The molecule has 4 nitrogen and oxygen atoms in total. The Bertz CT molecular complexity index is 641. The Hall–Kier alpha value is -1.91. The first kappa shape index (κ1) is 14.0. The van der Waals surface area contributed by atoms with Gasteiger partial charge in [0.15, 0.2) is 5.82 Å². The summed E-state index contributed by atoms with van der Waals surface area (Å²) < 4.78 is 18.8. The molecule has 2 N–H and O–H groups in total. The number of hydrogen-bond donors (Lipinski definition) is 1. The molecule has 21 heavy (non-hydrogen) atoms. The number of aromatic nitrogens is 2. The first-order chi connectivity index (χ1) is 9.94. The van der Waals surface area contributed by atoms with Crippen LogP contribution in [-0.4, -0.2) is 10.1 Å². The zero-order chi connectivity index (χ0) is 15.0. The standard InChI is InChI=1S/C16H20FN3O/c1-16(2)7-5-10(6-8-16)14-19-15(21-20-14)11-3-4-13(18)12(17)9-11/h3-4,9-10H,5-8,18H2,1-2H3. The van der Waals surface area contributed by atoms with Gasteiger partial charge < -0.3 is 10.3 Å². The highest BCUT2D eigenvalue weighted by Crippen LogP contribution is 2.41. The van der Waals surface area contributed by atoms with E-state index in [1.807, 2.05) is 0 Å². The number of benzene rings is 1. The molecule has 3 rings (SSSR count). The van der Waals surface area contributed by atoms with Gasteiger partial charge in [-0.1, -0.05) is 19.0 Å². The molecule has 5 heteroatoms. The summed E-state index contributed by atoms with van der Waals surface area (Å²) in [4.78, 5) is 4.44. The first-order valence-electron chi connectivity index (χ1n) is 7.34. The molecule has 1 saturated carbocycles. The van der Waals surface area contributed by atoms with Crippen LogP contribution in [-0.2, 0) is 0 Å². The van der Waals surface area contributed by atoms with E-state index >= 15 is 0 Å². The van der Waals surface area contributed by atoms with Crippen LogP contribution in [0.25, 0.3) is 11.5 Å². The quantitative estimate of drug-likeness (QED) is 0.844. The molecule has 0 atom stereocenters. The maximum Gasteiger partial charge on any atom is 0.258 e. The predicted octanol–water partition coefficient (Wildman–Crippen LogP) is 4.14. The molecule has 112 valence electrons. The maximum absolute atomic E-state index is 13.5. The Balaban J connectivity index is 1.79. The van der Waals surface area contributed by atoms with Crippen LogP contribution in [0.15, 0.2) is 22.7 Å². The van der Waals surface area contributed by atoms with E-state index in [9.17, 15) is 4.39 Å². The van der Waals surface area contributed by atoms with Crippen molar-refractivity contribution in [1.29, 1.82) is 0 Å². The van der Waals surface area contributed by atoms with Crippen molar-refractivity contribution in [3.05, 3.63) is 29.8 Å². The van der Waals surface area contributed by atoms with E-state index in [0.29, 0.717) is 22.8 Å². The molecule has 1 aromatic carbocycles. The third-order valence-corrected chi connectivity index (χ3v) is 4.39. The molecule has 0 saturated heterocycles. The Morgan fingerprint density at radius 2 is 2.00 bits per heavy atom. The van der Waals surface area contributed by atoms with Crippen LogP contribution in [0.5, 0.6) is 0 Å². The summed E-state index contributed by atoms with van der Waals surface area (Å²) in [5, 5.41) is 4.08. The van der Waals surface area contributed by atoms with Crippen molar-refractivity contribution in [3.8, 4) is 11.5 Å². The predicted molar refractivity (Wildman–Crippen MR) is 79.1 cm³/mol. The molecule has 1 aromatic heterocycles. The highest BCUT2D eigenvalue weighted by molar-refractivity contribution is 5.57. The number of hydrogen-bond acceptors (Lipinski definition) is 4. The fourth-order valence-electron chi connectivity index (χ4n) is 2.84. The summed E-state index contributed by atoms with van der Waals surface area (Å²) >= 11 is 0. The van der Waals surface area contributed by atoms with Crippen LogP contribution < -0.4 is 5.73 Å². The highest BCUT2D eigenvalue weighted by Gasteiger charge is 2.30. The summed E-state index contributed by atoms with van der Waals surface area (Å²) in [6.07, 6.45) is 4.47. The third-order valence-electron chi connectivity index (χ3n) is 4.39. The minimum atomic E-state index is -0.466. The number of nitrogens with two attached hydrogens (primary N) is 1. The monoisotopic (exact) mass is 289 g/mol. The molecule has 1 aliphatic rings. The number of anilines is 1. The molecular formula is C16H20FN3O. The molecule has 1 aliphatic carbocycles. The Kier molecular flexibility index (Phi) is 3.43. The summed E-state index contributed by atoms with van der Waals surface area (Å²) in [6, 6.07) is 4.54. The summed E-state index contributed by atoms with van der Waals surface area (Å²) in [6.45, 7) is 4.59. The smallest absolute Gasteiger partial charge is 0.258 e. The first-order valence-corrected chi connectivity index (χ1v) is 7.34. The highest BCUT2D eigenvalue weighted by atomic mass is 19.1. The molecule has 0 spiro atoms. The molecule has 0 radical (unpaired) electrons. The fourth-order valence-corrected chi connectivity index (χ4v) is 2.84. The van der Waals surface area contributed by atoms with Crippen molar-refractivity contribution in [1.82, 2.24) is 10.1 Å². The van der Waals surface area contributed by atoms with Crippen LogP contribution >= 0.6 is 0 Å². The SMILES string of the molecule is CC1(C)CCC(c2noc(-c3ccc(N)c(F)c3)n2)CC1. The second-order valence-corrected chi connectivity index (χ2v) is 6.63. The maximum atomic E-state index is 13.5. The van der Waals surface area contributed by atoms with Crippen LogP contribution in [0.4, 0.5) is 10.1 Å². The van der Waals surface area contributed by atoms with Crippen molar-refractivity contribution in [2.24, 2.45) is 5.41 Å².